The van der Waals surface area contributed by atoms with Crippen molar-refractivity contribution in [2.24, 2.45) is 0 Å². The Morgan fingerprint density at radius 1 is 1.04 bits per heavy atom. The number of hydrogen-bond acceptors (Lipinski definition) is 4. The van der Waals surface area contributed by atoms with E-state index in [0.29, 0.717) is 3.57 Å². The van der Waals surface area contributed by atoms with Gasteiger partial charge >= 0.3 is 0 Å². The maximum absolute atomic E-state index is 14.4. The highest BCUT2D eigenvalue weighted by Gasteiger charge is 2.54. The van der Waals surface area contributed by atoms with Crippen LogP contribution in [0, 0.1) is 26.8 Å². The second kappa shape index (κ2) is 7.67. The third-order valence-corrected chi connectivity index (χ3v) is 7.44. The molecule has 0 saturated heterocycles. The first kappa shape index (κ1) is 21.1. The molecular formula is C17H15F4IN2O3S. The Bertz CT molecular complexity index is 1030. The van der Waals surface area contributed by atoms with Crippen molar-refractivity contribution in [1.82, 2.24) is 0 Å². The molecule has 0 aliphatic heterocycles. The molecule has 152 valence electrons. The highest BCUT2D eigenvalue weighted by molar-refractivity contribution is 14.1. The van der Waals surface area contributed by atoms with E-state index in [-0.39, 0.29) is 31.0 Å². The number of aliphatic hydroxyl groups is 1. The molecule has 0 unspecified atom stereocenters. The van der Waals surface area contributed by atoms with Crippen molar-refractivity contribution in [2.75, 3.05) is 16.6 Å². The molecule has 28 heavy (non-hydrogen) atoms. The molecule has 11 heteroatoms. The zero-order chi connectivity index (χ0) is 20.7. The standard InChI is InChI=1S/C17H15F4IN2O3S/c18-10-7-9(22)1-2-13(10)23-16-14(21)11(19)8-12(20)15(16)24-28(26,27)17(3-4-17)5-6-25/h1-2,7-8,23-25H,3-6H2. The van der Waals surface area contributed by atoms with Gasteiger partial charge in [0.25, 0.3) is 0 Å². The van der Waals surface area contributed by atoms with Crippen molar-refractivity contribution in [3.05, 3.63) is 51.1 Å². The van der Waals surface area contributed by atoms with E-state index in [4.69, 9.17) is 5.11 Å². The van der Waals surface area contributed by atoms with E-state index in [0.717, 1.165) is 6.07 Å². The van der Waals surface area contributed by atoms with E-state index in [1.807, 2.05) is 27.3 Å². The number of halogens is 5. The molecule has 3 rings (SSSR count). The summed E-state index contributed by atoms with van der Waals surface area (Å²) in [5, 5.41) is 11.3. The number of nitrogens with one attached hydrogen (secondary N) is 2. The summed E-state index contributed by atoms with van der Waals surface area (Å²) in [6.45, 7) is -0.403. The Morgan fingerprint density at radius 3 is 2.29 bits per heavy atom. The van der Waals surface area contributed by atoms with Crippen LogP contribution in [0.5, 0.6) is 0 Å². The first-order valence-electron chi connectivity index (χ1n) is 8.13. The highest BCUT2D eigenvalue weighted by Crippen LogP contribution is 2.48. The summed E-state index contributed by atoms with van der Waals surface area (Å²) in [7, 11) is -4.22. The van der Waals surface area contributed by atoms with Gasteiger partial charge in [-0.1, -0.05) is 0 Å². The fourth-order valence-electron chi connectivity index (χ4n) is 2.78. The van der Waals surface area contributed by atoms with Gasteiger partial charge in [-0.25, -0.2) is 26.0 Å². The van der Waals surface area contributed by atoms with Crippen molar-refractivity contribution in [3.8, 4) is 0 Å². The molecule has 2 aromatic rings. The highest BCUT2D eigenvalue weighted by atomic mass is 127. The summed E-state index contributed by atoms with van der Waals surface area (Å²) in [6.07, 6.45) is 0.396. The Hall–Kier alpha value is -1.60. The largest absolute Gasteiger partial charge is 0.396 e. The minimum atomic E-state index is -4.22. The molecule has 0 amide bonds. The lowest BCUT2D eigenvalue weighted by Crippen LogP contribution is -2.31. The van der Waals surface area contributed by atoms with E-state index in [1.54, 1.807) is 0 Å². The smallest absolute Gasteiger partial charge is 0.238 e. The number of hydrogen-bond donors (Lipinski definition) is 3. The topological polar surface area (TPSA) is 78.4 Å². The lowest BCUT2D eigenvalue weighted by molar-refractivity contribution is 0.283. The monoisotopic (exact) mass is 530 g/mol. The van der Waals surface area contributed by atoms with Crippen LogP contribution in [0.4, 0.5) is 34.6 Å². The summed E-state index contributed by atoms with van der Waals surface area (Å²) < 4.78 is 83.0. The predicted molar refractivity (Wildman–Crippen MR) is 105 cm³/mol. The Morgan fingerprint density at radius 2 is 1.71 bits per heavy atom. The third kappa shape index (κ3) is 3.92. The minimum absolute atomic E-state index is 0.0812. The van der Waals surface area contributed by atoms with Crippen molar-refractivity contribution in [3.63, 3.8) is 0 Å². The van der Waals surface area contributed by atoms with Crippen LogP contribution in [0.15, 0.2) is 24.3 Å². The van der Waals surface area contributed by atoms with E-state index in [9.17, 15) is 26.0 Å². The number of anilines is 3. The quantitative estimate of drug-likeness (QED) is 0.284. The van der Waals surface area contributed by atoms with Gasteiger partial charge in [-0.05, 0) is 60.1 Å². The lowest BCUT2D eigenvalue weighted by atomic mass is 10.2. The van der Waals surface area contributed by atoms with Crippen molar-refractivity contribution in [2.45, 2.75) is 24.0 Å². The average Bonchev–Trinajstić information content (AvgIpc) is 3.39. The molecule has 1 aliphatic rings. The van der Waals surface area contributed by atoms with Gasteiger partial charge in [0.1, 0.15) is 17.2 Å². The van der Waals surface area contributed by atoms with Crippen LogP contribution in [0.1, 0.15) is 19.3 Å². The van der Waals surface area contributed by atoms with Gasteiger partial charge in [-0.2, -0.15) is 0 Å². The first-order valence-corrected chi connectivity index (χ1v) is 10.7. The minimum Gasteiger partial charge on any atom is -0.396 e. The second-order valence-corrected chi connectivity index (χ2v) is 9.74. The predicted octanol–water partition coefficient (Wildman–Crippen LogP) is 4.25. The summed E-state index contributed by atoms with van der Waals surface area (Å²) in [5.74, 6) is -5.31. The van der Waals surface area contributed by atoms with E-state index in [2.05, 4.69) is 5.32 Å². The molecule has 0 spiro atoms. The van der Waals surface area contributed by atoms with Gasteiger partial charge in [0, 0.05) is 16.2 Å². The normalized spacial score (nSPS) is 15.4. The van der Waals surface area contributed by atoms with Crippen LogP contribution in [-0.4, -0.2) is 24.9 Å². The molecule has 0 atom stereocenters. The fraction of sp³-hybridized carbons (Fsp3) is 0.294. The van der Waals surface area contributed by atoms with Crippen LogP contribution in [-0.2, 0) is 10.0 Å². The molecule has 5 nitrogen and oxygen atoms in total. The van der Waals surface area contributed by atoms with Gasteiger partial charge in [0.2, 0.25) is 10.0 Å². The van der Waals surface area contributed by atoms with Crippen molar-refractivity contribution >= 4 is 49.7 Å². The molecule has 2 aromatic carbocycles. The van der Waals surface area contributed by atoms with Crippen molar-refractivity contribution in [1.29, 1.82) is 0 Å². The molecule has 0 heterocycles. The molecular weight excluding hydrogens is 515 g/mol. The Labute approximate surface area is 172 Å². The van der Waals surface area contributed by atoms with Gasteiger partial charge in [-0.15, -0.1) is 0 Å². The summed E-state index contributed by atoms with van der Waals surface area (Å²) in [6, 6.07) is 4.02. The van der Waals surface area contributed by atoms with Crippen molar-refractivity contribution < 1.29 is 31.1 Å². The zero-order valence-electron chi connectivity index (χ0n) is 14.2. The molecule has 0 radical (unpaired) electrons. The van der Waals surface area contributed by atoms with E-state index in [1.165, 1.54) is 12.1 Å². The van der Waals surface area contributed by atoms with Crippen LogP contribution in [0.2, 0.25) is 0 Å². The SMILES string of the molecule is O=S(=O)(Nc1c(F)cc(F)c(F)c1Nc1ccc(I)cc1F)C1(CCO)CC1. The average molecular weight is 530 g/mol. The lowest BCUT2D eigenvalue weighted by Gasteiger charge is -2.20. The third-order valence-electron chi connectivity index (χ3n) is 4.54. The summed E-state index contributed by atoms with van der Waals surface area (Å²) in [5.41, 5.74) is -2.02. The number of rotatable bonds is 7. The molecule has 0 aromatic heterocycles. The van der Waals surface area contributed by atoms with Crippen LogP contribution < -0.4 is 10.0 Å². The van der Waals surface area contributed by atoms with Crippen LogP contribution in [0.3, 0.4) is 0 Å². The number of benzene rings is 2. The molecule has 1 fully saturated rings. The van der Waals surface area contributed by atoms with Gasteiger partial charge in [-0.3, -0.25) is 4.72 Å². The summed E-state index contributed by atoms with van der Waals surface area (Å²) >= 11 is 1.84. The van der Waals surface area contributed by atoms with Gasteiger partial charge in [0.05, 0.1) is 10.4 Å². The van der Waals surface area contributed by atoms with Crippen LogP contribution >= 0.6 is 22.6 Å². The molecule has 0 bridgehead atoms. The number of aliphatic hydroxyl groups excluding tert-OH is 1. The molecule has 1 saturated carbocycles. The first-order chi connectivity index (χ1) is 13.1. The maximum Gasteiger partial charge on any atom is 0.238 e. The number of sulfonamides is 1. The molecule has 1 aliphatic carbocycles. The van der Waals surface area contributed by atoms with E-state index < -0.39 is 56.0 Å². The van der Waals surface area contributed by atoms with Crippen LogP contribution in [0.25, 0.3) is 0 Å². The Balaban J connectivity index is 2.05. The summed E-state index contributed by atoms with van der Waals surface area (Å²) in [4.78, 5) is 0. The van der Waals surface area contributed by atoms with Gasteiger partial charge < -0.3 is 10.4 Å². The Kier molecular flexibility index (Phi) is 5.79. The second-order valence-electron chi connectivity index (χ2n) is 6.42. The van der Waals surface area contributed by atoms with Gasteiger partial charge in [0.15, 0.2) is 17.5 Å². The zero-order valence-corrected chi connectivity index (χ0v) is 17.2. The van der Waals surface area contributed by atoms with E-state index >= 15 is 0 Å². The fourth-order valence-corrected chi connectivity index (χ4v) is 4.91. The molecule has 3 N–H and O–H groups in total. The maximum atomic E-state index is 14.4.